The fraction of sp³-hybridized carbons (Fsp3) is 0.400. The molecule has 7 nitrogen and oxygen atoms in total. The van der Waals surface area contributed by atoms with Gasteiger partial charge in [0.25, 0.3) is 5.91 Å². The summed E-state index contributed by atoms with van der Waals surface area (Å²) in [5.41, 5.74) is 8.40. The Bertz CT molecular complexity index is 764. The lowest BCUT2D eigenvalue weighted by Crippen LogP contribution is -2.48. The molecule has 0 unspecified atom stereocenters. The molecule has 27 heavy (non-hydrogen) atoms. The van der Waals surface area contributed by atoms with Gasteiger partial charge in [0, 0.05) is 55.6 Å². The second-order valence-electron chi connectivity index (χ2n) is 6.77. The van der Waals surface area contributed by atoms with E-state index >= 15 is 0 Å². The smallest absolute Gasteiger partial charge is 0.289 e. The highest BCUT2D eigenvalue weighted by Gasteiger charge is 2.25. The quantitative estimate of drug-likeness (QED) is 0.641. The molecule has 2 fully saturated rings. The number of hydrogen-bond donors (Lipinski definition) is 4. The average Bonchev–Trinajstić information content (AvgIpc) is 3.13. The third kappa shape index (κ3) is 4.89. The number of carbonyl (C=O) groups is 1. The van der Waals surface area contributed by atoms with Gasteiger partial charge in [0.15, 0.2) is 0 Å². The third-order valence-corrected chi connectivity index (χ3v) is 4.91. The van der Waals surface area contributed by atoms with Crippen LogP contribution in [-0.4, -0.2) is 37.2 Å². The summed E-state index contributed by atoms with van der Waals surface area (Å²) >= 11 is 0. The molecule has 5 N–H and O–H groups in total. The van der Waals surface area contributed by atoms with E-state index in [1.807, 2.05) is 30.3 Å². The number of nitrogens with zero attached hydrogens (tertiary/aromatic N) is 1. The number of aromatic nitrogens is 1. The SMILES string of the molecule is CNC(=O)c1cc(-c2ccccc2)no1.N/C=C(\NC1CCC1)C1CNC1. The van der Waals surface area contributed by atoms with E-state index in [0.717, 1.165) is 18.7 Å². The Labute approximate surface area is 159 Å². The minimum Gasteiger partial charge on any atom is -0.403 e. The van der Waals surface area contributed by atoms with E-state index < -0.39 is 0 Å². The first-order chi connectivity index (χ1) is 13.2. The molecular weight excluding hydrogens is 342 g/mol. The standard InChI is InChI=1S/C11H10N2O2.C9H17N3/c1-12-11(14)10-7-9(13-15-10)8-5-3-2-4-6-8;10-4-9(7-5-11-6-7)12-8-2-1-3-8/h2-7H,1H3,(H,12,14);4,7-8,11-12H,1-3,5-6,10H2/b;9-4-. The largest absolute Gasteiger partial charge is 0.403 e. The van der Waals surface area contributed by atoms with Crippen LogP contribution in [0, 0.1) is 5.92 Å². The minimum atomic E-state index is -0.273. The van der Waals surface area contributed by atoms with Crippen LogP contribution in [-0.2, 0) is 0 Å². The first kappa shape index (κ1) is 19.0. The number of nitrogens with two attached hydrogens (primary N) is 1. The molecule has 7 heteroatoms. The van der Waals surface area contributed by atoms with Crippen LogP contribution < -0.4 is 21.7 Å². The van der Waals surface area contributed by atoms with Crippen molar-refractivity contribution < 1.29 is 9.32 Å². The zero-order valence-corrected chi connectivity index (χ0v) is 15.6. The second-order valence-corrected chi connectivity index (χ2v) is 6.77. The maximum absolute atomic E-state index is 11.2. The third-order valence-electron chi connectivity index (χ3n) is 4.91. The molecule has 2 aliphatic rings. The van der Waals surface area contributed by atoms with Crippen LogP contribution in [0.2, 0.25) is 0 Å². The second kappa shape index (κ2) is 9.23. The predicted molar refractivity (Wildman–Crippen MR) is 105 cm³/mol. The maximum Gasteiger partial charge on any atom is 0.289 e. The number of hydrogen-bond acceptors (Lipinski definition) is 6. The van der Waals surface area contributed by atoms with E-state index in [1.165, 1.54) is 25.0 Å². The summed E-state index contributed by atoms with van der Waals surface area (Å²) in [6, 6.07) is 11.9. The van der Waals surface area contributed by atoms with E-state index in [4.69, 9.17) is 10.3 Å². The van der Waals surface area contributed by atoms with Crippen molar-refractivity contribution in [3.05, 3.63) is 54.1 Å². The average molecular weight is 369 g/mol. The maximum atomic E-state index is 11.2. The zero-order chi connectivity index (χ0) is 19.1. The first-order valence-corrected chi connectivity index (χ1v) is 9.34. The van der Waals surface area contributed by atoms with Gasteiger partial charge in [0.05, 0.1) is 0 Å². The Balaban J connectivity index is 0.000000159. The summed E-state index contributed by atoms with van der Waals surface area (Å²) in [5, 5.41) is 13.0. The molecule has 0 bridgehead atoms. The molecule has 1 aliphatic carbocycles. The molecule has 1 saturated carbocycles. The zero-order valence-electron chi connectivity index (χ0n) is 15.6. The number of benzene rings is 1. The van der Waals surface area contributed by atoms with E-state index in [1.54, 1.807) is 19.3 Å². The van der Waals surface area contributed by atoms with Gasteiger partial charge in [0.2, 0.25) is 5.76 Å². The number of carbonyl (C=O) groups excluding carboxylic acids is 1. The topological polar surface area (TPSA) is 105 Å². The highest BCUT2D eigenvalue weighted by atomic mass is 16.5. The number of rotatable bonds is 5. The normalized spacial score (nSPS) is 17.1. The van der Waals surface area contributed by atoms with Crippen molar-refractivity contribution in [3.63, 3.8) is 0 Å². The summed E-state index contributed by atoms with van der Waals surface area (Å²) in [6.45, 7) is 2.17. The molecule has 144 valence electrons. The van der Waals surface area contributed by atoms with Crippen LogP contribution in [0.4, 0.5) is 0 Å². The van der Waals surface area contributed by atoms with Crippen molar-refractivity contribution in [2.45, 2.75) is 25.3 Å². The summed E-state index contributed by atoms with van der Waals surface area (Å²) in [4.78, 5) is 11.2. The minimum absolute atomic E-state index is 0.219. The van der Waals surface area contributed by atoms with Crippen molar-refractivity contribution in [2.24, 2.45) is 11.7 Å². The van der Waals surface area contributed by atoms with Crippen molar-refractivity contribution in [1.82, 2.24) is 21.1 Å². The van der Waals surface area contributed by atoms with Gasteiger partial charge in [-0.3, -0.25) is 4.79 Å². The highest BCUT2D eigenvalue weighted by molar-refractivity contribution is 5.92. The van der Waals surface area contributed by atoms with E-state index in [9.17, 15) is 4.79 Å². The van der Waals surface area contributed by atoms with Crippen molar-refractivity contribution in [1.29, 1.82) is 0 Å². The Morgan fingerprint density at radius 3 is 2.56 bits per heavy atom. The van der Waals surface area contributed by atoms with Gasteiger partial charge in [-0.05, 0) is 19.3 Å². The van der Waals surface area contributed by atoms with E-state index in [0.29, 0.717) is 17.7 Å². The van der Waals surface area contributed by atoms with Gasteiger partial charge in [-0.25, -0.2) is 0 Å². The Kier molecular flexibility index (Phi) is 6.49. The number of nitrogens with one attached hydrogen (secondary N) is 3. The van der Waals surface area contributed by atoms with E-state index in [-0.39, 0.29) is 11.7 Å². The van der Waals surface area contributed by atoms with Crippen molar-refractivity contribution in [2.75, 3.05) is 20.1 Å². The molecule has 1 saturated heterocycles. The monoisotopic (exact) mass is 369 g/mol. The molecule has 1 aliphatic heterocycles. The van der Waals surface area contributed by atoms with E-state index in [2.05, 4.69) is 21.1 Å². The van der Waals surface area contributed by atoms with Gasteiger partial charge < -0.3 is 26.2 Å². The van der Waals surface area contributed by atoms with Crippen LogP contribution in [0.25, 0.3) is 11.3 Å². The van der Waals surface area contributed by atoms with Gasteiger partial charge in [-0.1, -0.05) is 35.5 Å². The molecule has 0 atom stereocenters. The van der Waals surface area contributed by atoms with Crippen LogP contribution in [0.1, 0.15) is 29.8 Å². The molecular formula is C20H27N5O2. The lowest BCUT2D eigenvalue weighted by atomic mass is 9.91. The lowest BCUT2D eigenvalue weighted by molar-refractivity contribution is 0.0926. The van der Waals surface area contributed by atoms with Crippen LogP contribution in [0.3, 0.4) is 0 Å². The molecule has 2 aromatic rings. The van der Waals surface area contributed by atoms with Gasteiger partial charge in [-0.2, -0.15) is 0 Å². The van der Waals surface area contributed by atoms with Crippen LogP contribution in [0.5, 0.6) is 0 Å². The Morgan fingerprint density at radius 1 is 1.30 bits per heavy atom. The van der Waals surface area contributed by atoms with Crippen LogP contribution in [0.15, 0.2) is 52.8 Å². The summed E-state index contributed by atoms with van der Waals surface area (Å²) in [5.74, 6) is 0.594. The molecule has 1 amide bonds. The predicted octanol–water partition coefficient (Wildman–Crippen LogP) is 1.85. The van der Waals surface area contributed by atoms with Crippen molar-refractivity contribution in [3.8, 4) is 11.3 Å². The summed E-state index contributed by atoms with van der Waals surface area (Å²) in [7, 11) is 1.55. The molecule has 4 rings (SSSR count). The highest BCUT2D eigenvalue weighted by Crippen LogP contribution is 2.22. The fourth-order valence-electron chi connectivity index (χ4n) is 2.85. The van der Waals surface area contributed by atoms with Gasteiger partial charge in [0.1, 0.15) is 5.69 Å². The summed E-state index contributed by atoms with van der Waals surface area (Å²) in [6.07, 6.45) is 5.75. The van der Waals surface area contributed by atoms with Crippen molar-refractivity contribution >= 4 is 5.91 Å². The molecule has 1 aromatic carbocycles. The Hall–Kier alpha value is -2.80. The van der Waals surface area contributed by atoms with Gasteiger partial charge >= 0.3 is 0 Å². The molecule has 2 heterocycles. The summed E-state index contributed by atoms with van der Waals surface area (Å²) < 4.78 is 4.91. The van der Waals surface area contributed by atoms with Crippen LogP contribution >= 0.6 is 0 Å². The molecule has 0 radical (unpaired) electrons. The first-order valence-electron chi connectivity index (χ1n) is 9.34. The Morgan fingerprint density at radius 2 is 2.04 bits per heavy atom. The fourth-order valence-corrected chi connectivity index (χ4v) is 2.85. The molecule has 1 aromatic heterocycles. The molecule has 0 spiro atoms. The van der Waals surface area contributed by atoms with Gasteiger partial charge in [-0.15, -0.1) is 0 Å². The lowest BCUT2D eigenvalue weighted by Gasteiger charge is -2.35. The number of amides is 1.